The molecule has 1 aromatic carbocycles. The zero-order valence-electron chi connectivity index (χ0n) is 14.0. The lowest BCUT2D eigenvalue weighted by Gasteiger charge is -2.22. The summed E-state index contributed by atoms with van der Waals surface area (Å²) in [5.74, 6) is 0.294. The number of nitrogens with zero attached hydrogens (tertiary/aromatic N) is 2. The number of amides is 1. The molecule has 0 aliphatic carbocycles. The molecule has 3 rings (SSSR count). The zero-order valence-corrected chi connectivity index (χ0v) is 14.8. The molecule has 0 radical (unpaired) electrons. The molecule has 2 aliphatic heterocycles. The van der Waals surface area contributed by atoms with Crippen molar-refractivity contribution in [1.29, 1.82) is 0 Å². The van der Waals surface area contributed by atoms with Gasteiger partial charge in [0.05, 0.1) is 4.90 Å². The van der Waals surface area contributed by atoms with Crippen molar-refractivity contribution in [2.45, 2.75) is 37.1 Å². The van der Waals surface area contributed by atoms with Crippen LogP contribution in [0.15, 0.2) is 29.2 Å². The molecule has 6 nitrogen and oxygen atoms in total. The van der Waals surface area contributed by atoms with Gasteiger partial charge in [0.25, 0.3) is 5.91 Å². The van der Waals surface area contributed by atoms with Crippen molar-refractivity contribution in [3.8, 4) is 0 Å². The molecule has 1 amide bonds. The molecule has 7 heteroatoms. The number of hydrogen-bond acceptors (Lipinski definition) is 4. The van der Waals surface area contributed by atoms with Crippen LogP contribution in [0, 0.1) is 5.92 Å². The van der Waals surface area contributed by atoms with Crippen LogP contribution in [-0.4, -0.2) is 55.8 Å². The minimum Gasteiger partial charge on any atom is -0.336 e. The largest absolute Gasteiger partial charge is 0.336 e. The maximum Gasteiger partial charge on any atom is 0.254 e. The fourth-order valence-corrected chi connectivity index (χ4v) is 5.13. The van der Waals surface area contributed by atoms with Crippen molar-refractivity contribution in [3.05, 3.63) is 29.8 Å². The molecule has 24 heavy (non-hydrogen) atoms. The summed E-state index contributed by atoms with van der Waals surface area (Å²) < 4.78 is 26.6. The molecule has 0 aromatic heterocycles. The van der Waals surface area contributed by atoms with E-state index in [0.717, 1.165) is 19.3 Å². The minimum absolute atomic E-state index is 0.0522. The summed E-state index contributed by atoms with van der Waals surface area (Å²) in [7, 11) is -3.43. The Labute approximate surface area is 143 Å². The predicted octanol–water partition coefficient (Wildman–Crippen LogP) is 1.28. The Bertz CT molecular complexity index is 696. The molecule has 0 bridgehead atoms. The van der Waals surface area contributed by atoms with Gasteiger partial charge in [0.1, 0.15) is 0 Å². The van der Waals surface area contributed by atoms with E-state index in [2.05, 4.69) is 0 Å². The molecule has 0 saturated carbocycles. The van der Waals surface area contributed by atoms with Crippen molar-refractivity contribution in [1.82, 2.24) is 9.21 Å². The van der Waals surface area contributed by atoms with Crippen LogP contribution in [0.2, 0.25) is 0 Å². The molecule has 132 valence electrons. The van der Waals surface area contributed by atoms with Gasteiger partial charge in [-0.2, -0.15) is 4.31 Å². The van der Waals surface area contributed by atoms with Crippen LogP contribution in [-0.2, 0) is 10.0 Å². The molecule has 0 spiro atoms. The second-order valence-corrected chi connectivity index (χ2v) is 8.72. The topological polar surface area (TPSA) is 83.7 Å². The first-order valence-electron chi connectivity index (χ1n) is 8.54. The SMILES string of the molecule is CC1CC(CN)CN1C(=O)c1ccc(S(=O)(=O)N2CCCC2)cc1. The fraction of sp³-hybridized carbons (Fsp3) is 0.588. The van der Waals surface area contributed by atoms with E-state index >= 15 is 0 Å². The van der Waals surface area contributed by atoms with Crippen molar-refractivity contribution >= 4 is 15.9 Å². The van der Waals surface area contributed by atoms with Crippen LogP contribution < -0.4 is 5.73 Å². The van der Waals surface area contributed by atoms with Crippen molar-refractivity contribution in [3.63, 3.8) is 0 Å². The van der Waals surface area contributed by atoms with Gasteiger partial charge in [0.15, 0.2) is 0 Å². The van der Waals surface area contributed by atoms with Gasteiger partial charge < -0.3 is 10.6 Å². The Balaban J connectivity index is 1.76. The average Bonchev–Trinajstić information content (AvgIpc) is 3.24. The number of nitrogens with two attached hydrogens (primary N) is 1. The van der Waals surface area contributed by atoms with Gasteiger partial charge in [-0.3, -0.25) is 4.79 Å². The number of sulfonamides is 1. The molecule has 2 heterocycles. The van der Waals surface area contributed by atoms with E-state index in [9.17, 15) is 13.2 Å². The lowest BCUT2D eigenvalue weighted by Crippen LogP contribution is -2.34. The van der Waals surface area contributed by atoms with Crippen LogP contribution in [0.5, 0.6) is 0 Å². The van der Waals surface area contributed by atoms with Crippen LogP contribution in [0.25, 0.3) is 0 Å². The van der Waals surface area contributed by atoms with Gasteiger partial charge in [-0.1, -0.05) is 0 Å². The Morgan fingerprint density at radius 2 is 1.83 bits per heavy atom. The maximum absolute atomic E-state index is 12.7. The Morgan fingerprint density at radius 3 is 2.38 bits per heavy atom. The second kappa shape index (κ2) is 6.82. The van der Waals surface area contributed by atoms with E-state index < -0.39 is 10.0 Å². The van der Waals surface area contributed by atoms with Gasteiger partial charge >= 0.3 is 0 Å². The van der Waals surface area contributed by atoms with Crippen molar-refractivity contribution in [2.24, 2.45) is 11.7 Å². The molecule has 2 saturated heterocycles. The highest BCUT2D eigenvalue weighted by Crippen LogP contribution is 2.25. The van der Waals surface area contributed by atoms with Crippen molar-refractivity contribution < 1.29 is 13.2 Å². The van der Waals surface area contributed by atoms with E-state index in [-0.39, 0.29) is 16.8 Å². The van der Waals surface area contributed by atoms with E-state index in [1.54, 1.807) is 24.3 Å². The van der Waals surface area contributed by atoms with Crippen LogP contribution in [0.3, 0.4) is 0 Å². The van der Waals surface area contributed by atoms with Crippen LogP contribution >= 0.6 is 0 Å². The number of benzene rings is 1. The Morgan fingerprint density at radius 1 is 1.21 bits per heavy atom. The first-order valence-corrected chi connectivity index (χ1v) is 9.98. The summed E-state index contributed by atoms with van der Waals surface area (Å²) >= 11 is 0. The third-order valence-corrected chi connectivity index (χ3v) is 6.97. The molecule has 2 atom stereocenters. The van der Waals surface area contributed by atoms with Gasteiger partial charge in [-0.05, 0) is 62.9 Å². The van der Waals surface area contributed by atoms with E-state index in [0.29, 0.717) is 37.7 Å². The molecule has 2 aliphatic rings. The number of carbonyl (C=O) groups excluding carboxylic acids is 1. The van der Waals surface area contributed by atoms with Gasteiger partial charge in [0.2, 0.25) is 10.0 Å². The second-order valence-electron chi connectivity index (χ2n) is 6.78. The zero-order chi connectivity index (χ0) is 17.3. The monoisotopic (exact) mass is 351 g/mol. The summed E-state index contributed by atoms with van der Waals surface area (Å²) in [4.78, 5) is 14.8. The highest BCUT2D eigenvalue weighted by molar-refractivity contribution is 7.89. The lowest BCUT2D eigenvalue weighted by molar-refractivity contribution is 0.0743. The molecular formula is C17H25N3O3S. The third kappa shape index (κ3) is 3.20. The smallest absolute Gasteiger partial charge is 0.254 e. The van der Waals surface area contributed by atoms with Crippen LogP contribution in [0.4, 0.5) is 0 Å². The van der Waals surface area contributed by atoms with Gasteiger partial charge in [0, 0.05) is 31.2 Å². The van der Waals surface area contributed by atoms with Crippen LogP contribution in [0.1, 0.15) is 36.5 Å². The molecule has 2 N–H and O–H groups in total. The van der Waals surface area contributed by atoms with Gasteiger partial charge in [-0.15, -0.1) is 0 Å². The van der Waals surface area contributed by atoms with E-state index in [1.165, 1.54) is 4.31 Å². The quantitative estimate of drug-likeness (QED) is 0.886. The molecule has 1 aromatic rings. The average molecular weight is 351 g/mol. The van der Waals surface area contributed by atoms with Crippen molar-refractivity contribution in [2.75, 3.05) is 26.2 Å². The first kappa shape index (κ1) is 17.4. The summed E-state index contributed by atoms with van der Waals surface area (Å²) in [6.45, 7) is 4.44. The summed E-state index contributed by atoms with van der Waals surface area (Å²) in [5, 5.41) is 0. The summed E-state index contributed by atoms with van der Waals surface area (Å²) in [6, 6.07) is 6.49. The number of hydrogen-bond donors (Lipinski definition) is 1. The summed E-state index contributed by atoms with van der Waals surface area (Å²) in [6.07, 6.45) is 2.74. The maximum atomic E-state index is 12.7. The molecular weight excluding hydrogens is 326 g/mol. The standard InChI is InChI=1S/C17H25N3O3S/c1-13-10-14(11-18)12-20(13)17(21)15-4-6-16(7-5-15)24(22,23)19-8-2-3-9-19/h4-7,13-14H,2-3,8-12,18H2,1H3. The summed E-state index contributed by atoms with van der Waals surface area (Å²) in [5.41, 5.74) is 6.24. The highest BCUT2D eigenvalue weighted by Gasteiger charge is 2.32. The first-order chi connectivity index (χ1) is 11.4. The lowest BCUT2D eigenvalue weighted by atomic mass is 10.1. The highest BCUT2D eigenvalue weighted by atomic mass is 32.2. The van der Waals surface area contributed by atoms with Gasteiger partial charge in [-0.25, -0.2) is 8.42 Å². The third-order valence-electron chi connectivity index (χ3n) is 5.06. The predicted molar refractivity (Wildman–Crippen MR) is 92.1 cm³/mol. The number of rotatable bonds is 4. The molecule has 2 unspecified atom stereocenters. The molecule has 2 fully saturated rings. The van der Waals surface area contributed by atoms with E-state index in [4.69, 9.17) is 5.73 Å². The fourth-order valence-electron chi connectivity index (χ4n) is 3.61. The number of carbonyl (C=O) groups is 1. The Kier molecular flexibility index (Phi) is 4.94. The normalized spacial score (nSPS) is 25.3. The Hall–Kier alpha value is -1.44. The number of likely N-dealkylation sites (tertiary alicyclic amines) is 1. The minimum atomic E-state index is -3.43. The van der Waals surface area contributed by atoms with E-state index in [1.807, 2.05) is 11.8 Å².